The molecule has 5 nitrogen and oxygen atoms in total. The fourth-order valence-corrected chi connectivity index (χ4v) is 3.22. The Kier molecular flexibility index (Phi) is 5.12. The van der Waals surface area contributed by atoms with Gasteiger partial charge in [0.25, 0.3) is 0 Å². The number of hydrogen-bond donors (Lipinski definition) is 1. The molecule has 1 amide bonds. The van der Waals surface area contributed by atoms with Crippen molar-refractivity contribution in [2.24, 2.45) is 0 Å². The lowest BCUT2D eigenvalue weighted by molar-refractivity contribution is 0.181. The number of hydrogen-bond acceptors (Lipinski definition) is 4. The maximum Gasteiger partial charge on any atom is 0.414 e. The molecule has 5 heteroatoms. The molecule has 0 saturated carbocycles. The van der Waals surface area contributed by atoms with E-state index in [0.29, 0.717) is 13.2 Å². The summed E-state index contributed by atoms with van der Waals surface area (Å²) < 4.78 is 5.01. The Labute approximate surface area is 158 Å². The summed E-state index contributed by atoms with van der Waals surface area (Å²) in [6.07, 6.45) is 3.35. The number of amides is 1. The number of aromatic nitrogens is 1. The highest BCUT2D eigenvalue weighted by molar-refractivity contribution is 5.89. The SMILES string of the molecule is O=C1OCCN1c1cccc(CNCc2cccc(-c3ccncc3)c2)c1. The van der Waals surface area contributed by atoms with Crippen LogP contribution in [-0.2, 0) is 17.8 Å². The molecule has 1 aliphatic heterocycles. The summed E-state index contributed by atoms with van der Waals surface area (Å²) in [5.41, 5.74) is 5.60. The van der Waals surface area contributed by atoms with Gasteiger partial charge in [0.15, 0.2) is 0 Å². The van der Waals surface area contributed by atoms with Gasteiger partial charge < -0.3 is 10.1 Å². The average molecular weight is 359 g/mol. The summed E-state index contributed by atoms with van der Waals surface area (Å²) in [6, 6.07) is 20.5. The predicted octanol–water partition coefficient (Wildman–Crippen LogP) is 4.00. The number of nitrogens with one attached hydrogen (secondary N) is 1. The molecule has 0 aliphatic carbocycles. The lowest BCUT2D eigenvalue weighted by Crippen LogP contribution is -2.23. The molecule has 2 aromatic carbocycles. The van der Waals surface area contributed by atoms with E-state index in [1.165, 1.54) is 11.1 Å². The van der Waals surface area contributed by atoms with E-state index in [1.54, 1.807) is 4.90 Å². The zero-order valence-electron chi connectivity index (χ0n) is 15.0. The molecule has 1 aromatic heterocycles. The van der Waals surface area contributed by atoms with Crippen molar-refractivity contribution in [2.75, 3.05) is 18.1 Å². The topological polar surface area (TPSA) is 54.5 Å². The van der Waals surface area contributed by atoms with Crippen molar-refractivity contribution >= 4 is 11.8 Å². The lowest BCUT2D eigenvalue weighted by Gasteiger charge is -2.14. The maximum atomic E-state index is 11.7. The number of ether oxygens (including phenoxy) is 1. The van der Waals surface area contributed by atoms with E-state index in [2.05, 4.69) is 40.6 Å². The van der Waals surface area contributed by atoms with Crippen LogP contribution in [0.1, 0.15) is 11.1 Å². The second-order valence-electron chi connectivity index (χ2n) is 6.48. The van der Waals surface area contributed by atoms with Gasteiger partial charge in [0.1, 0.15) is 6.61 Å². The van der Waals surface area contributed by atoms with Gasteiger partial charge in [-0.1, -0.05) is 30.3 Å². The number of carbonyl (C=O) groups excluding carboxylic acids is 1. The highest BCUT2D eigenvalue weighted by Crippen LogP contribution is 2.21. The Morgan fingerprint density at radius 1 is 0.926 bits per heavy atom. The average Bonchev–Trinajstić information content (AvgIpc) is 3.15. The number of anilines is 1. The third-order valence-corrected chi connectivity index (χ3v) is 4.58. The molecule has 27 heavy (non-hydrogen) atoms. The lowest BCUT2D eigenvalue weighted by atomic mass is 10.0. The summed E-state index contributed by atoms with van der Waals surface area (Å²) in [4.78, 5) is 17.5. The molecule has 0 atom stereocenters. The molecular weight excluding hydrogens is 338 g/mol. The number of pyridine rings is 1. The minimum atomic E-state index is -0.270. The van der Waals surface area contributed by atoms with E-state index < -0.39 is 0 Å². The molecule has 2 heterocycles. The fraction of sp³-hybridized carbons (Fsp3) is 0.182. The van der Waals surface area contributed by atoms with Gasteiger partial charge in [-0.15, -0.1) is 0 Å². The van der Waals surface area contributed by atoms with Crippen LogP contribution in [0.5, 0.6) is 0 Å². The zero-order chi connectivity index (χ0) is 18.5. The van der Waals surface area contributed by atoms with Crippen molar-refractivity contribution in [3.8, 4) is 11.1 Å². The minimum Gasteiger partial charge on any atom is -0.447 e. The van der Waals surface area contributed by atoms with Gasteiger partial charge in [0, 0.05) is 31.2 Å². The summed E-state index contributed by atoms with van der Waals surface area (Å²) in [5.74, 6) is 0. The Hall–Kier alpha value is -3.18. The Morgan fingerprint density at radius 3 is 2.41 bits per heavy atom. The molecule has 0 unspecified atom stereocenters. The Bertz CT molecular complexity index is 928. The third-order valence-electron chi connectivity index (χ3n) is 4.58. The molecule has 0 spiro atoms. The normalized spacial score (nSPS) is 13.6. The van der Waals surface area contributed by atoms with Crippen LogP contribution in [0.25, 0.3) is 11.1 Å². The van der Waals surface area contributed by atoms with Crippen molar-refractivity contribution in [2.45, 2.75) is 13.1 Å². The van der Waals surface area contributed by atoms with Crippen molar-refractivity contribution in [1.29, 1.82) is 0 Å². The van der Waals surface area contributed by atoms with Gasteiger partial charge in [0.2, 0.25) is 0 Å². The van der Waals surface area contributed by atoms with Gasteiger partial charge in [-0.2, -0.15) is 0 Å². The molecular formula is C22H21N3O2. The first-order valence-electron chi connectivity index (χ1n) is 9.03. The number of benzene rings is 2. The van der Waals surface area contributed by atoms with Crippen molar-refractivity contribution in [3.05, 3.63) is 84.2 Å². The monoisotopic (exact) mass is 359 g/mol. The minimum absolute atomic E-state index is 0.270. The van der Waals surface area contributed by atoms with E-state index in [9.17, 15) is 4.79 Å². The van der Waals surface area contributed by atoms with Gasteiger partial charge in [0.05, 0.1) is 6.54 Å². The summed E-state index contributed by atoms with van der Waals surface area (Å²) in [7, 11) is 0. The van der Waals surface area contributed by atoms with Crippen LogP contribution in [0.15, 0.2) is 73.1 Å². The second-order valence-corrected chi connectivity index (χ2v) is 6.48. The molecule has 1 N–H and O–H groups in total. The molecule has 1 fully saturated rings. The molecule has 1 aliphatic rings. The van der Waals surface area contributed by atoms with E-state index in [4.69, 9.17) is 4.74 Å². The molecule has 0 bridgehead atoms. The van der Waals surface area contributed by atoms with E-state index in [-0.39, 0.29) is 6.09 Å². The first-order chi connectivity index (χ1) is 13.3. The predicted molar refractivity (Wildman–Crippen MR) is 105 cm³/mol. The van der Waals surface area contributed by atoms with Crippen LogP contribution in [0.4, 0.5) is 10.5 Å². The van der Waals surface area contributed by atoms with Crippen LogP contribution < -0.4 is 10.2 Å². The molecule has 3 aromatic rings. The van der Waals surface area contributed by atoms with Gasteiger partial charge in [-0.3, -0.25) is 9.88 Å². The van der Waals surface area contributed by atoms with Crippen LogP contribution >= 0.6 is 0 Å². The fourth-order valence-electron chi connectivity index (χ4n) is 3.22. The molecule has 136 valence electrons. The smallest absolute Gasteiger partial charge is 0.414 e. The quantitative estimate of drug-likeness (QED) is 0.723. The Balaban J connectivity index is 1.38. The highest BCUT2D eigenvalue weighted by Gasteiger charge is 2.23. The summed E-state index contributed by atoms with van der Waals surface area (Å²) in [6.45, 7) is 2.57. The van der Waals surface area contributed by atoms with Crippen LogP contribution in [0.3, 0.4) is 0 Å². The number of rotatable bonds is 6. The molecule has 1 saturated heterocycles. The van der Waals surface area contributed by atoms with Crippen molar-refractivity contribution in [1.82, 2.24) is 10.3 Å². The van der Waals surface area contributed by atoms with E-state index >= 15 is 0 Å². The number of cyclic esters (lactones) is 1. The molecule has 4 rings (SSSR count). The van der Waals surface area contributed by atoms with Gasteiger partial charge in [-0.05, 0) is 52.6 Å². The highest BCUT2D eigenvalue weighted by atomic mass is 16.6. The standard InChI is InChI=1S/C22H21N3O2/c26-22-25(11-12-27-22)21-6-2-4-18(14-21)16-24-15-17-3-1-5-20(13-17)19-7-9-23-10-8-19/h1-10,13-14,24H,11-12,15-16H2. The zero-order valence-corrected chi connectivity index (χ0v) is 15.0. The maximum absolute atomic E-state index is 11.7. The summed E-state index contributed by atoms with van der Waals surface area (Å²) >= 11 is 0. The van der Waals surface area contributed by atoms with Crippen LogP contribution in [-0.4, -0.2) is 24.2 Å². The summed E-state index contributed by atoms with van der Waals surface area (Å²) in [5, 5.41) is 3.48. The van der Waals surface area contributed by atoms with Gasteiger partial charge >= 0.3 is 6.09 Å². The number of carbonyl (C=O) groups is 1. The first-order valence-corrected chi connectivity index (χ1v) is 9.03. The third kappa shape index (κ3) is 4.15. The van der Waals surface area contributed by atoms with E-state index in [0.717, 1.165) is 29.9 Å². The Morgan fingerprint density at radius 2 is 1.67 bits per heavy atom. The van der Waals surface area contributed by atoms with Gasteiger partial charge in [-0.25, -0.2) is 4.79 Å². The molecule has 0 radical (unpaired) electrons. The van der Waals surface area contributed by atoms with Crippen molar-refractivity contribution in [3.63, 3.8) is 0 Å². The second kappa shape index (κ2) is 8.01. The number of nitrogens with zero attached hydrogens (tertiary/aromatic N) is 2. The van der Waals surface area contributed by atoms with Crippen molar-refractivity contribution < 1.29 is 9.53 Å². The van der Waals surface area contributed by atoms with Crippen LogP contribution in [0.2, 0.25) is 0 Å². The largest absolute Gasteiger partial charge is 0.447 e. The van der Waals surface area contributed by atoms with Crippen LogP contribution in [0, 0.1) is 0 Å². The van der Waals surface area contributed by atoms with E-state index in [1.807, 2.05) is 42.7 Å². The first kappa shape index (κ1) is 17.2.